The molecule has 0 aliphatic rings. The zero-order valence-electron chi connectivity index (χ0n) is 15.0. The minimum atomic E-state index is -0.618. The summed E-state index contributed by atoms with van der Waals surface area (Å²) in [6.45, 7) is 0. The van der Waals surface area contributed by atoms with Crippen LogP contribution in [0.5, 0.6) is 0 Å². The minimum Gasteiger partial charge on any atom is -0.388 e. The average molecular weight is 410 g/mol. The fourth-order valence-corrected chi connectivity index (χ4v) is 3.12. The molecule has 11 heteroatoms. The van der Waals surface area contributed by atoms with Crippen LogP contribution in [0.25, 0.3) is 16.6 Å². The van der Waals surface area contributed by atoms with Crippen molar-refractivity contribution in [2.45, 2.75) is 0 Å². The fourth-order valence-electron chi connectivity index (χ4n) is 2.81. The maximum atomic E-state index is 14.4. The van der Waals surface area contributed by atoms with Crippen LogP contribution in [0.4, 0.5) is 27.5 Å². The lowest BCUT2D eigenvalue weighted by Crippen LogP contribution is -2.01. The third-order valence-electron chi connectivity index (χ3n) is 4.14. The second kappa shape index (κ2) is 7.21. The molecular formula is C18H13ClFN9. The van der Waals surface area contributed by atoms with E-state index in [9.17, 15) is 9.65 Å². The molecule has 1 aromatic carbocycles. The topological polar surface area (TPSA) is 130 Å². The molecule has 29 heavy (non-hydrogen) atoms. The van der Waals surface area contributed by atoms with Gasteiger partial charge in [0.05, 0.1) is 22.2 Å². The molecule has 0 unspecified atom stereocenters. The first-order valence-electron chi connectivity index (χ1n) is 8.30. The normalized spacial score (nSPS) is 10.7. The number of rotatable bonds is 4. The highest BCUT2D eigenvalue weighted by molar-refractivity contribution is 6.33. The van der Waals surface area contributed by atoms with Crippen molar-refractivity contribution in [1.29, 1.82) is 5.26 Å². The van der Waals surface area contributed by atoms with Crippen molar-refractivity contribution < 1.29 is 4.39 Å². The first kappa shape index (κ1) is 18.4. The van der Waals surface area contributed by atoms with E-state index in [4.69, 9.17) is 17.3 Å². The van der Waals surface area contributed by atoms with Gasteiger partial charge in [0.25, 0.3) is 0 Å². The number of nitriles is 1. The molecule has 4 rings (SSSR count). The average Bonchev–Trinajstić information content (AvgIpc) is 3.15. The Balaban J connectivity index is 1.87. The molecule has 4 N–H and O–H groups in total. The van der Waals surface area contributed by atoms with E-state index >= 15 is 0 Å². The number of nitrogens with two attached hydrogens (primary N) is 1. The number of halogens is 2. The van der Waals surface area contributed by atoms with Crippen molar-refractivity contribution in [2.24, 2.45) is 0 Å². The number of hydrogen-bond acceptors (Lipinski definition) is 8. The van der Waals surface area contributed by atoms with Gasteiger partial charge in [-0.2, -0.15) is 10.4 Å². The van der Waals surface area contributed by atoms with Gasteiger partial charge in [0.2, 0.25) is 0 Å². The smallest absolute Gasteiger partial charge is 0.169 e. The van der Waals surface area contributed by atoms with Gasteiger partial charge in [-0.3, -0.25) is 0 Å². The fraction of sp³-hybridized carbons (Fsp3) is 0.0556. The lowest BCUT2D eigenvalue weighted by molar-refractivity contribution is 0.629. The molecule has 9 nitrogen and oxygen atoms in total. The van der Waals surface area contributed by atoms with Crippen LogP contribution in [-0.2, 0) is 0 Å². The van der Waals surface area contributed by atoms with Crippen LogP contribution in [0.3, 0.4) is 0 Å². The zero-order valence-corrected chi connectivity index (χ0v) is 15.7. The Labute approximate surface area is 169 Å². The van der Waals surface area contributed by atoms with E-state index in [1.807, 2.05) is 0 Å². The Bertz CT molecular complexity index is 1280. The first-order valence-corrected chi connectivity index (χ1v) is 8.68. The van der Waals surface area contributed by atoms with Gasteiger partial charge >= 0.3 is 0 Å². The molecule has 0 amide bonds. The Hall–Kier alpha value is -3.97. The standard InChI is InChI=1S/C18H13ClFN9/c1-23-10-2-9(5-21)17(12(19)3-10)29-7-11-16(28-29)13(20)6-24-18(11)27-15-4-14(22)25-8-26-15/h2-4,6-8,23H,1H3,(H3,22,24,25,26,27). The molecule has 4 aromatic rings. The SMILES string of the molecule is CNc1cc(Cl)c(-n2cc3c(Nc4cc(N)ncn4)ncc(F)c3n2)c(C#N)c1. The van der Waals surface area contributed by atoms with Crippen molar-refractivity contribution in [3.05, 3.63) is 53.3 Å². The summed E-state index contributed by atoms with van der Waals surface area (Å²) >= 11 is 6.37. The summed E-state index contributed by atoms with van der Waals surface area (Å²) in [4.78, 5) is 12.0. The zero-order chi connectivity index (χ0) is 20.5. The summed E-state index contributed by atoms with van der Waals surface area (Å²) in [5, 5.41) is 20.4. The van der Waals surface area contributed by atoms with E-state index in [1.54, 1.807) is 25.4 Å². The summed E-state index contributed by atoms with van der Waals surface area (Å²) in [6.07, 6.45) is 3.88. The molecule has 0 bridgehead atoms. The molecule has 0 radical (unpaired) electrons. The summed E-state index contributed by atoms with van der Waals surface area (Å²) in [6, 6.07) is 6.89. The summed E-state index contributed by atoms with van der Waals surface area (Å²) in [7, 11) is 1.72. The monoisotopic (exact) mass is 409 g/mol. The van der Waals surface area contributed by atoms with Crippen LogP contribution in [-0.4, -0.2) is 31.8 Å². The van der Waals surface area contributed by atoms with E-state index in [0.717, 1.165) is 6.20 Å². The third kappa shape index (κ3) is 3.35. The summed E-state index contributed by atoms with van der Waals surface area (Å²) in [5.41, 5.74) is 7.00. The van der Waals surface area contributed by atoms with Gasteiger partial charge < -0.3 is 16.4 Å². The highest BCUT2D eigenvalue weighted by Gasteiger charge is 2.18. The van der Waals surface area contributed by atoms with E-state index in [2.05, 4.69) is 36.8 Å². The van der Waals surface area contributed by atoms with Gasteiger partial charge in [0.1, 0.15) is 41.1 Å². The van der Waals surface area contributed by atoms with Crippen LogP contribution in [0.15, 0.2) is 36.9 Å². The number of nitrogens with zero attached hydrogens (tertiary/aromatic N) is 6. The van der Waals surface area contributed by atoms with Crippen LogP contribution < -0.4 is 16.4 Å². The third-order valence-corrected chi connectivity index (χ3v) is 4.43. The minimum absolute atomic E-state index is 0.0576. The number of nitrogen functional groups attached to an aromatic ring is 1. The maximum Gasteiger partial charge on any atom is 0.169 e. The Kier molecular flexibility index (Phi) is 4.58. The number of anilines is 4. The van der Waals surface area contributed by atoms with Crippen LogP contribution in [0.1, 0.15) is 5.56 Å². The quantitative estimate of drug-likeness (QED) is 0.468. The highest BCUT2D eigenvalue weighted by Crippen LogP contribution is 2.31. The van der Waals surface area contributed by atoms with Gasteiger partial charge in [-0.1, -0.05) is 11.6 Å². The molecular weight excluding hydrogens is 397 g/mol. The molecule has 0 aliphatic carbocycles. The molecule has 144 valence electrons. The van der Waals surface area contributed by atoms with E-state index in [0.29, 0.717) is 28.4 Å². The molecule has 0 saturated carbocycles. The van der Waals surface area contributed by atoms with Crippen molar-refractivity contribution in [1.82, 2.24) is 24.7 Å². The molecule has 3 heterocycles. The van der Waals surface area contributed by atoms with Crippen LogP contribution in [0.2, 0.25) is 5.02 Å². The number of aromatic nitrogens is 5. The van der Waals surface area contributed by atoms with E-state index < -0.39 is 5.82 Å². The van der Waals surface area contributed by atoms with Gasteiger partial charge in [0, 0.05) is 25.0 Å². The molecule has 0 fully saturated rings. The van der Waals surface area contributed by atoms with E-state index in [-0.39, 0.29) is 21.9 Å². The van der Waals surface area contributed by atoms with Crippen LogP contribution in [0, 0.1) is 17.1 Å². The lowest BCUT2D eigenvalue weighted by Gasteiger charge is -2.09. The second-order valence-electron chi connectivity index (χ2n) is 5.96. The van der Waals surface area contributed by atoms with Crippen molar-refractivity contribution >= 4 is 45.6 Å². The summed E-state index contributed by atoms with van der Waals surface area (Å²) in [5.74, 6) is 0.353. The number of nitrogens with one attached hydrogen (secondary N) is 2. The van der Waals surface area contributed by atoms with Crippen molar-refractivity contribution in [2.75, 3.05) is 23.4 Å². The number of hydrogen-bond donors (Lipinski definition) is 3. The Morgan fingerprint density at radius 2 is 2.07 bits per heavy atom. The highest BCUT2D eigenvalue weighted by atomic mass is 35.5. The van der Waals surface area contributed by atoms with Crippen molar-refractivity contribution in [3.8, 4) is 11.8 Å². The number of pyridine rings is 1. The predicted molar refractivity (Wildman–Crippen MR) is 108 cm³/mol. The van der Waals surface area contributed by atoms with Gasteiger partial charge in [-0.15, -0.1) is 0 Å². The molecule has 3 aromatic heterocycles. The second-order valence-corrected chi connectivity index (χ2v) is 6.37. The van der Waals surface area contributed by atoms with E-state index in [1.165, 1.54) is 17.1 Å². The molecule has 0 aliphatic heterocycles. The van der Waals surface area contributed by atoms with Gasteiger partial charge in [0.15, 0.2) is 5.82 Å². The Morgan fingerprint density at radius 3 is 2.79 bits per heavy atom. The first-order chi connectivity index (χ1) is 14.0. The maximum absolute atomic E-state index is 14.4. The predicted octanol–water partition coefficient (Wildman–Crippen LogP) is 3.24. The van der Waals surface area contributed by atoms with Gasteiger partial charge in [-0.25, -0.2) is 24.0 Å². The molecule has 0 atom stereocenters. The summed E-state index contributed by atoms with van der Waals surface area (Å²) < 4.78 is 15.7. The van der Waals surface area contributed by atoms with Gasteiger partial charge in [-0.05, 0) is 12.1 Å². The Morgan fingerprint density at radius 1 is 1.24 bits per heavy atom. The van der Waals surface area contributed by atoms with Crippen molar-refractivity contribution in [3.63, 3.8) is 0 Å². The van der Waals surface area contributed by atoms with Crippen LogP contribution >= 0.6 is 11.6 Å². The number of fused-ring (bicyclic) bond motifs is 1. The molecule has 0 saturated heterocycles. The number of benzene rings is 1. The molecule has 0 spiro atoms. The largest absolute Gasteiger partial charge is 0.388 e. The lowest BCUT2D eigenvalue weighted by atomic mass is 10.1.